The number of hydrogen-bond donors (Lipinski definition) is 1. The first-order valence-corrected chi connectivity index (χ1v) is 4.86. The van der Waals surface area contributed by atoms with Crippen LogP contribution in [0, 0.1) is 0 Å². The maximum atomic E-state index is 10.9. The van der Waals surface area contributed by atoms with Gasteiger partial charge in [0.15, 0.2) is 0 Å². The third-order valence-electron chi connectivity index (χ3n) is 1.58. The zero-order valence-electron chi connectivity index (χ0n) is 14.4. The summed E-state index contributed by atoms with van der Waals surface area (Å²) in [4.78, 5) is 10.8. The predicted molar refractivity (Wildman–Crippen MR) is 60.5 cm³/mol. The molecule has 1 aromatic heterocycles. The summed E-state index contributed by atoms with van der Waals surface area (Å²) in [7, 11) is 0. The highest BCUT2D eigenvalue weighted by Crippen LogP contribution is 2.17. The van der Waals surface area contributed by atoms with Gasteiger partial charge in [-0.3, -0.25) is 0 Å². The number of carboxylic acid groups (broad SMARTS) is 1. The fourth-order valence-electron chi connectivity index (χ4n) is 0.971. The zero-order valence-corrected chi connectivity index (χ0v) is 8.23. The summed E-state index contributed by atoms with van der Waals surface area (Å²) in [5.74, 6) is -1.21. The first-order chi connectivity index (χ1) is 10.1. The Bertz CT molecular complexity index is 740. The third-order valence-corrected chi connectivity index (χ3v) is 2.50. The average molecular weight is 225 g/mol. The fraction of sp³-hybridized carbons (Fsp3) is 0.0833. The lowest BCUT2D eigenvalue weighted by Gasteiger charge is -1.96. The Morgan fingerprint density at radius 2 is 2.13 bits per heavy atom. The molecule has 1 heterocycles. The van der Waals surface area contributed by atoms with Crippen LogP contribution in [0.1, 0.15) is 30.4 Å². The fourth-order valence-corrected chi connectivity index (χ4v) is 1.65. The second-order valence-corrected chi connectivity index (χ2v) is 3.54. The van der Waals surface area contributed by atoms with Crippen molar-refractivity contribution in [2.45, 2.75) is 6.37 Å². The average Bonchev–Trinajstić information content (AvgIpc) is 2.93. The van der Waals surface area contributed by atoms with Crippen molar-refractivity contribution in [1.82, 2.24) is 0 Å². The number of hydrogen-bond acceptors (Lipinski definition) is 2. The van der Waals surface area contributed by atoms with Crippen LogP contribution in [0.25, 0.3) is 0 Å². The molecule has 2 rings (SSSR count). The van der Waals surface area contributed by atoms with Gasteiger partial charge in [-0.2, -0.15) is 0 Å². The van der Waals surface area contributed by atoms with Crippen molar-refractivity contribution in [3.8, 4) is 0 Å². The summed E-state index contributed by atoms with van der Waals surface area (Å²) >= 11 is 0.810. The van der Waals surface area contributed by atoms with Gasteiger partial charge in [0, 0.05) is 2.74 Å². The molecule has 2 nitrogen and oxygen atoms in total. The smallest absolute Gasteiger partial charge is 0.345 e. The molecule has 76 valence electrons. The Balaban J connectivity index is 2.70. The van der Waals surface area contributed by atoms with Gasteiger partial charge in [-0.15, -0.1) is 11.3 Å². The van der Waals surface area contributed by atoms with E-state index in [9.17, 15) is 4.79 Å². The molecule has 0 radical (unpaired) electrons. The van der Waals surface area contributed by atoms with Crippen LogP contribution >= 0.6 is 11.3 Å². The molecule has 2 aromatic rings. The van der Waals surface area contributed by atoms with E-state index in [0.717, 1.165) is 17.4 Å². The van der Waals surface area contributed by atoms with Gasteiger partial charge in [0.25, 0.3) is 0 Å². The summed E-state index contributed by atoms with van der Waals surface area (Å²) in [6.07, 6.45) is -2.41. The monoisotopic (exact) mass is 225 g/mol. The standard InChI is InChI=1S/C12H10O2S/c13-12(14)11-7-10(8-15-11)6-9-4-2-1-3-5-9/h1-5,7-8H,6H2,(H,13,14)/i1D,2D,3D,4D,5D,6D2. The van der Waals surface area contributed by atoms with Crippen LogP contribution in [0.5, 0.6) is 0 Å². The first kappa shape index (κ1) is 4.49. The maximum absolute atomic E-state index is 10.9. The molecule has 0 aliphatic carbocycles. The van der Waals surface area contributed by atoms with E-state index >= 15 is 0 Å². The Morgan fingerprint density at radius 3 is 2.73 bits per heavy atom. The Kier molecular flexibility index (Phi) is 1.28. The molecule has 0 aliphatic heterocycles. The van der Waals surface area contributed by atoms with Gasteiger partial charge in [0.05, 0.1) is 6.85 Å². The van der Waals surface area contributed by atoms with E-state index in [1.807, 2.05) is 0 Å². The highest BCUT2D eigenvalue weighted by Gasteiger charge is 2.06. The van der Waals surface area contributed by atoms with Crippen LogP contribution in [-0.4, -0.2) is 11.1 Å². The van der Waals surface area contributed by atoms with Crippen molar-refractivity contribution < 1.29 is 19.5 Å². The summed E-state index contributed by atoms with van der Waals surface area (Å²) in [5, 5.41) is 10.2. The summed E-state index contributed by atoms with van der Waals surface area (Å²) in [6, 6.07) is -2.04. The van der Waals surface area contributed by atoms with Gasteiger partial charge >= 0.3 is 5.97 Å². The maximum Gasteiger partial charge on any atom is 0.345 e. The van der Waals surface area contributed by atoms with Gasteiger partial charge in [-0.05, 0) is 28.9 Å². The molecule has 0 fully saturated rings. The molecule has 0 saturated heterocycles. The van der Waals surface area contributed by atoms with Gasteiger partial charge in [-0.1, -0.05) is 30.2 Å². The molecular formula is C12H10O2S. The summed E-state index contributed by atoms with van der Waals surface area (Å²) in [6.45, 7) is 0. The minimum absolute atomic E-state index is 0.0616. The second-order valence-electron chi connectivity index (χ2n) is 2.63. The quantitative estimate of drug-likeness (QED) is 0.871. The molecule has 0 spiro atoms. The predicted octanol–water partition coefficient (Wildman–Crippen LogP) is 3.04. The number of thiophene rings is 1. The van der Waals surface area contributed by atoms with Crippen LogP contribution in [0.15, 0.2) is 41.7 Å². The van der Waals surface area contributed by atoms with Crippen molar-refractivity contribution in [2.75, 3.05) is 0 Å². The Hall–Kier alpha value is -1.61. The number of rotatable bonds is 3. The van der Waals surface area contributed by atoms with E-state index in [4.69, 9.17) is 14.7 Å². The van der Waals surface area contributed by atoms with Crippen LogP contribution in [0.2, 0.25) is 0 Å². The van der Waals surface area contributed by atoms with Crippen LogP contribution in [-0.2, 0) is 6.37 Å². The van der Waals surface area contributed by atoms with Crippen LogP contribution in [0.3, 0.4) is 0 Å². The highest BCUT2D eigenvalue weighted by atomic mass is 32.1. The first-order valence-electron chi connectivity index (χ1n) is 7.48. The lowest BCUT2D eigenvalue weighted by molar-refractivity contribution is 0.0702. The summed E-state index contributed by atoms with van der Waals surface area (Å²) in [5.41, 5.74) is -0.568. The normalized spacial score (nSPS) is 17.7. The van der Waals surface area contributed by atoms with E-state index in [-0.39, 0.29) is 10.4 Å². The van der Waals surface area contributed by atoms with E-state index in [1.165, 1.54) is 5.38 Å². The molecule has 0 unspecified atom stereocenters. The van der Waals surface area contributed by atoms with Crippen molar-refractivity contribution >= 4 is 17.3 Å². The van der Waals surface area contributed by atoms with Crippen molar-refractivity contribution in [3.63, 3.8) is 0 Å². The van der Waals surface area contributed by atoms with E-state index in [1.54, 1.807) is 0 Å². The largest absolute Gasteiger partial charge is 0.477 e. The Morgan fingerprint density at radius 1 is 1.40 bits per heavy atom. The minimum atomic E-state index is -2.41. The van der Waals surface area contributed by atoms with Crippen LogP contribution in [0.4, 0.5) is 0 Å². The second kappa shape index (κ2) is 4.28. The lowest BCUT2D eigenvalue weighted by Crippen LogP contribution is -1.91. The van der Waals surface area contributed by atoms with Gasteiger partial charge in [0.1, 0.15) is 4.88 Å². The third kappa shape index (κ3) is 2.44. The lowest BCUT2D eigenvalue weighted by atomic mass is 10.1. The number of benzene rings is 1. The minimum Gasteiger partial charge on any atom is -0.477 e. The van der Waals surface area contributed by atoms with Gasteiger partial charge in [0.2, 0.25) is 0 Å². The summed E-state index contributed by atoms with van der Waals surface area (Å²) < 4.78 is 54.5. The molecule has 15 heavy (non-hydrogen) atoms. The molecule has 0 aliphatic rings. The molecule has 0 bridgehead atoms. The molecule has 3 heteroatoms. The number of carboxylic acids is 1. The van der Waals surface area contributed by atoms with E-state index in [2.05, 4.69) is 0 Å². The van der Waals surface area contributed by atoms with E-state index < -0.39 is 48.1 Å². The molecular weight excluding hydrogens is 208 g/mol. The molecule has 0 atom stereocenters. The van der Waals surface area contributed by atoms with Gasteiger partial charge in [-0.25, -0.2) is 4.79 Å². The number of aromatic carboxylic acids is 1. The van der Waals surface area contributed by atoms with E-state index in [0.29, 0.717) is 0 Å². The molecule has 0 amide bonds. The van der Waals surface area contributed by atoms with Crippen molar-refractivity contribution in [2.24, 2.45) is 0 Å². The molecule has 1 aromatic carbocycles. The van der Waals surface area contributed by atoms with Crippen molar-refractivity contribution in [1.29, 1.82) is 0 Å². The molecule has 0 saturated carbocycles. The topological polar surface area (TPSA) is 37.3 Å². The highest BCUT2D eigenvalue weighted by molar-refractivity contribution is 7.12. The van der Waals surface area contributed by atoms with Crippen molar-refractivity contribution in [3.05, 3.63) is 57.7 Å². The zero-order chi connectivity index (χ0) is 16.8. The SMILES string of the molecule is [2H]c1c([2H])c([2H])c(C([2H])([2H])c2csc(C(=O)O)c2)c([2H])c1[2H]. The number of carbonyl (C=O) groups is 1. The van der Waals surface area contributed by atoms with Gasteiger partial charge < -0.3 is 5.11 Å². The Labute approximate surface area is 102 Å². The molecule has 1 N–H and O–H groups in total. The van der Waals surface area contributed by atoms with Crippen LogP contribution < -0.4 is 0 Å².